The molecule has 2 aromatic carbocycles. The highest BCUT2D eigenvalue weighted by Crippen LogP contribution is 2.37. The van der Waals surface area contributed by atoms with Crippen molar-refractivity contribution in [1.82, 2.24) is 0 Å². The molecule has 0 aliphatic carbocycles. The average molecular weight is 388 g/mol. The first kappa shape index (κ1) is 21.2. The lowest BCUT2D eigenvalue weighted by molar-refractivity contribution is -0.143. The number of carbonyl (C=O) groups is 1. The van der Waals surface area contributed by atoms with Crippen molar-refractivity contribution in [3.63, 3.8) is 0 Å². The van der Waals surface area contributed by atoms with Crippen LogP contribution in [0.15, 0.2) is 30.3 Å². The minimum Gasteiger partial charge on any atom is -0.507 e. The summed E-state index contributed by atoms with van der Waals surface area (Å²) in [6.07, 6.45) is -0.162. The van der Waals surface area contributed by atoms with Crippen LogP contribution in [0.4, 0.5) is 4.39 Å². The molecule has 0 aliphatic heterocycles. The number of phenolic OH excluding ortho intramolecular Hbond substituents is 1. The quantitative estimate of drug-likeness (QED) is 0.738. The summed E-state index contributed by atoms with van der Waals surface area (Å²) in [7, 11) is 0. The SMILES string of the molecule is CCOC(=O)C[C@H](N)c1cc(-c2c(C)cccc2O)cc(Cl)c1F.Cl. The molecule has 0 unspecified atom stereocenters. The van der Waals surface area contributed by atoms with Crippen molar-refractivity contribution in [1.29, 1.82) is 0 Å². The fraction of sp³-hybridized carbons (Fsp3) is 0.278. The smallest absolute Gasteiger partial charge is 0.307 e. The van der Waals surface area contributed by atoms with Gasteiger partial charge in [-0.05, 0) is 43.2 Å². The van der Waals surface area contributed by atoms with E-state index in [1.54, 1.807) is 13.0 Å². The standard InChI is InChI=1S/C18H19ClFNO3.ClH/c1-3-24-16(23)9-14(21)12-7-11(8-13(19)18(12)20)17-10(2)5-4-6-15(17)22;/h4-8,14,22H,3,9,21H2,1-2H3;1H/t14-;/m0./s1. The maximum atomic E-state index is 14.4. The predicted octanol–water partition coefficient (Wildman–Crippen LogP) is 4.53. The first-order chi connectivity index (χ1) is 11.3. The number of esters is 1. The Labute approximate surface area is 157 Å². The Balaban J connectivity index is 0.00000312. The van der Waals surface area contributed by atoms with E-state index in [1.807, 2.05) is 13.0 Å². The zero-order valence-electron chi connectivity index (χ0n) is 13.9. The van der Waals surface area contributed by atoms with Crippen molar-refractivity contribution in [2.45, 2.75) is 26.3 Å². The zero-order valence-corrected chi connectivity index (χ0v) is 15.5. The van der Waals surface area contributed by atoms with Crippen LogP contribution in [-0.4, -0.2) is 17.7 Å². The lowest BCUT2D eigenvalue weighted by Crippen LogP contribution is -2.18. The first-order valence-corrected chi connectivity index (χ1v) is 7.92. The molecule has 2 aromatic rings. The van der Waals surface area contributed by atoms with Gasteiger partial charge < -0.3 is 15.6 Å². The molecular formula is C18H20Cl2FNO3. The van der Waals surface area contributed by atoms with Crippen LogP contribution in [-0.2, 0) is 9.53 Å². The van der Waals surface area contributed by atoms with Gasteiger partial charge in [-0.15, -0.1) is 12.4 Å². The van der Waals surface area contributed by atoms with E-state index in [9.17, 15) is 14.3 Å². The predicted molar refractivity (Wildman–Crippen MR) is 98.7 cm³/mol. The van der Waals surface area contributed by atoms with Crippen LogP contribution in [0, 0.1) is 12.7 Å². The maximum absolute atomic E-state index is 14.4. The normalized spacial score (nSPS) is 11.6. The van der Waals surface area contributed by atoms with Crippen LogP contribution in [0.3, 0.4) is 0 Å². The Morgan fingerprint density at radius 1 is 1.40 bits per heavy atom. The van der Waals surface area contributed by atoms with Gasteiger partial charge in [0.05, 0.1) is 18.1 Å². The number of hydrogen-bond donors (Lipinski definition) is 2. The fourth-order valence-electron chi connectivity index (χ4n) is 2.56. The topological polar surface area (TPSA) is 72.5 Å². The molecule has 0 radical (unpaired) electrons. The lowest BCUT2D eigenvalue weighted by Gasteiger charge is -2.16. The van der Waals surface area contributed by atoms with Crippen LogP contribution in [0.1, 0.15) is 30.5 Å². The van der Waals surface area contributed by atoms with E-state index in [0.717, 1.165) is 5.56 Å². The Bertz CT molecular complexity index is 748. The number of aryl methyl sites for hydroxylation is 1. The molecule has 0 aromatic heterocycles. The fourth-order valence-corrected chi connectivity index (χ4v) is 2.79. The van der Waals surface area contributed by atoms with Crippen LogP contribution >= 0.6 is 24.0 Å². The molecule has 0 heterocycles. The van der Waals surface area contributed by atoms with E-state index in [0.29, 0.717) is 11.1 Å². The molecule has 136 valence electrons. The molecule has 3 N–H and O–H groups in total. The number of phenols is 1. The van der Waals surface area contributed by atoms with Crippen LogP contribution < -0.4 is 5.73 Å². The third kappa shape index (κ3) is 4.84. The van der Waals surface area contributed by atoms with E-state index < -0.39 is 17.8 Å². The Hall–Kier alpha value is -1.82. The molecule has 0 amide bonds. The van der Waals surface area contributed by atoms with Gasteiger partial charge >= 0.3 is 5.97 Å². The summed E-state index contributed by atoms with van der Waals surface area (Å²) in [5.41, 5.74) is 7.95. The number of halogens is 3. The molecule has 7 heteroatoms. The van der Waals surface area contributed by atoms with Gasteiger partial charge in [0.1, 0.15) is 11.6 Å². The molecule has 0 fully saturated rings. The van der Waals surface area contributed by atoms with Crippen molar-refractivity contribution in [3.05, 3.63) is 52.3 Å². The first-order valence-electron chi connectivity index (χ1n) is 7.54. The molecule has 0 bridgehead atoms. The highest BCUT2D eigenvalue weighted by molar-refractivity contribution is 6.31. The highest BCUT2D eigenvalue weighted by Gasteiger charge is 2.21. The van der Waals surface area contributed by atoms with Crippen LogP contribution in [0.5, 0.6) is 5.75 Å². The largest absolute Gasteiger partial charge is 0.507 e. The summed E-state index contributed by atoms with van der Waals surface area (Å²) in [5.74, 6) is -1.13. The number of rotatable bonds is 5. The van der Waals surface area contributed by atoms with E-state index in [4.69, 9.17) is 22.1 Å². The van der Waals surface area contributed by atoms with Gasteiger partial charge in [-0.3, -0.25) is 4.79 Å². The second-order valence-corrected chi connectivity index (χ2v) is 5.85. The Morgan fingerprint density at radius 2 is 2.08 bits per heavy atom. The summed E-state index contributed by atoms with van der Waals surface area (Å²) in [4.78, 5) is 11.6. The van der Waals surface area contributed by atoms with Crippen LogP contribution in [0.2, 0.25) is 5.02 Å². The molecule has 0 saturated carbocycles. The van der Waals surface area contributed by atoms with Crippen molar-refractivity contribution in [2.24, 2.45) is 5.73 Å². The van der Waals surface area contributed by atoms with E-state index >= 15 is 0 Å². The van der Waals surface area contributed by atoms with Crippen molar-refractivity contribution in [2.75, 3.05) is 6.61 Å². The van der Waals surface area contributed by atoms with Gasteiger partial charge in [-0.2, -0.15) is 0 Å². The van der Waals surface area contributed by atoms with E-state index in [-0.39, 0.29) is 41.8 Å². The Kier molecular flexibility index (Phi) is 7.67. The zero-order chi connectivity index (χ0) is 17.9. The average Bonchev–Trinajstić information content (AvgIpc) is 2.50. The van der Waals surface area contributed by atoms with Gasteiger partial charge in [0.2, 0.25) is 0 Å². The molecule has 25 heavy (non-hydrogen) atoms. The summed E-state index contributed by atoms with van der Waals surface area (Å²) in [6.45, 7) is 3.74. The molecule has 1 atom stereocenters. The number of benzene rings is 2. The van der Waals surface area contributed by atoms with Crippen LogP contribution in [0.25, 0.3) is 11.1 Å². The Morgan fingerprint density at radius 3 is 2.68 bits per heavy atom. The minimum absolute atomic E-state index is 0. The van der Waals surface area contributed by atoms with Gasteiger partial charge in [0.25, 0.3) is 0 Å². The monoisotopic (exact) mass is 387 g/mol. The second kappa shape index (κ2) is 9.04. The van der Waals surface area contributed by atoms with Gasteiger partial charge in [-0.1, -0.05) is 23.7 Å². The second-order valence-electron chi connectivity index (χ2n) is 5.45. The molecule has 2 rings (SSSR count). The van der Waals surface area contributed by atoms with Crippen molar-refractivity contribution < 1.29 is 19.0 Å². The maximum Gasteiger partial charge on any atom is 0.307 e. The summed E-state index contributed by atoms with van der Waals surface area (Å²) < 4.78 is 19.2. The third-order valence-electron chi connectivity index (χ3n) is 3.69. The van der Waals surface area contributed by atoms with Gasteiger partial charge in [0, 0.05) is 17.2 Å². The molecule has 0 aliphatic rings. The summed E-state index contributed by atoms with van der Waals surface area (Å²) >= 11 is 5.99. The highest BCUT2D eigenvalue weighted by atomic mass is 35.5. The number of aromatic hydroxyl groups is 1. The van der Waals surface area contributed by atoms with Gasteiger partial charge in [0.15, 0.2) is 0 Å². The van der Waals surface area contributed by atoms with Gasteiger partial charge in [-0.25, -0.2) is 4.39 Å². The van der Waals surface area contributed by atoms with E-state index in [2.05, 4.69) is 0 Å². The summed E-state index contributed by atoms with van der Waals surface area (Å²) in [6, 6.07) is 7.12. The minimum atomic E-state index is -0.896. The number of carbonyl (C=O) groups excluding carboxylic acids is 1. The number of ether oxygens (including phenoxy) is 1. The molecule has 4 nitrogen and oxygen atoms in total. The van der Waals surface area contributed by atoms with E-state index in [1.165, 1.54) is 18.2 Å². The summed E-state index contributed by atoms with van der Waals surface area (Å²) in [5, 5.41) is 9.99. The molecule has 0 spiro atoms. The lowest BCUT2D eigenvalue weighted by atomic mass is 9.94. The number of nitrogens with two attached hydrogens (primary N) is 1. The molecule has 0 saturated heterocycles. The number of hydrogen-bond acceptors (Lipinski definition) is 4. The van der Waals surface area contributed by atoms with Crippen molar-refractivity contribution >= 4 is 30.0 Å². The molecular weight excluding hydrogens is 368 g/mol. The third-order valence-corrected chi connectivity index (χ3v) is 3.96. The van der Waals surface area contributed by atoms with Crippen molar-refractivity contribution in [3.8, 4) is 16.9 Å².